The lowest BCUT2D eigenvalue weighted by atomic mass is 9.87. The fourth-order valence-electron chi connectivity index (χ4n) is 3.12. The molecule has 3 rings (SSSR count). The van der Waals surface area contributed by atoms with Gasteiger partial charge in [0.15, 0.2) is 0 Å². The molecule has 0 aliphatic carbocycles. The number of hydrogen-bond donors (Lipinski definition) is 1. The van der Waals surface area contributed by atoms with E-state index in [1.165, 1.54) is 5.39 Å². The Morgan fingerprint density at radius 2 is 1.96 bits per heavy atom. The van der Waals surface area contributed by atoms with Gasteiger partial charge in [0.05, 0.1) is 12.1 Å². The molecular weight excluding hydrogens is 286 g/mol. The summed E-state index contributed by atoms with van der Waals surface area (Å²) in [6.07, 6.45) is 2.34. The first-order valence-electron chi connectivity index (χ1n) is 8.32. The van der Waals surface area contributed by atoms with Gasteiger partial charge in [-0.15, -0.1) is 0 Å². The summed E-state index contributed by atoms with van der Waals surface area (Å²) in [7, 11) is 0. The van der Waals surface area contributed by atoms with Crippen molar-refractivity contribution in [2.45, 2.75) is 32.6 Å². The lowest BCUT2D eigenvalue weighted by Crippen LogP contribution is -2.46. The molecule has 1 amide bonds. The zero-order chi connectivity index (χ0) is 16.4. The van der Waals surface area contributed by atoms with Gasteiger partial charge in [0, 0.05) is 43.2 Å². The number of pyridine rings is 1. The number of nitrogens with one attached hydrogen (secondary N) is 1. The molecule has 1 aromatic carbocycles. The molecule has 0 unspecified atom stereocenters. The van der Waals surface area contributed by atoms with Crippen LogP contribution in [0.15, 0.2) is 30.5 Å². The monoisotopic (exact) mass is 311 g/mol. The number of benzene rings is 1. The van der Waals surface area contributed by atoms with Crippen LogP contribution in [0, 0.1) is 0 Å². The van der Waals surface area contributed by atoms with Crippen molar-refractivity contribution < 1.29 is 4.79 Å². The average molecular weight is 311 g/mol. The van der Waals surface area contributed by atoms with E-state index < -0.39 is 0 Å². The summed E-state index contributed by atoms with van der Waals surface area (Å²) in [4.78, 5) is 19.0. The second-order valence-corrected chi connectivity index (χ2v) is 7.27. The van der Waals surface area contributed by atoms with Gasteiger partial charge in [0.25, 0.3) is 0 Å². The Hall–Kier alpha value is -1.94. The minimum absolute atomic E-state index is 0.0132. The zero-order valence-electron chi connectivity index (χ0n) is 14.2. The summed E-state index contributed by atoms with van der Waals surface area (Å²) in [6, 6.07) is 8.34. The molecule has 1 N–H and O–H groups in total. The van der Waals surface area contributed by atoms with Gasteiger partial charge in [-0.1, -0.05) is 32.9 Å². The van der Waals surface area contributed by atoms with E-state index in [2.05, 4.69) is 49.3 Å². The molecule has 4 heteroatoms. The third-order valence-corrected chi connectivity index (χ3v) is 4.37. The lowest BCUT2D eigenvalue weighted by molar-refractivity contribution is -0.131. The van der Waals surface area contributed by atoms with Crippen LogP contribution in [-0.4, -0.2) is 42.0 Å². The van der Waals surface area contributed by atoms with Gasteiger partial charge in [-0.2, -0.15) is 0 Å². The summed E-state index contributed by atoms with van der Waals surface area (Å²) in [5.74, 6) is 0.215. The molecule has 0 bridgehead atoms. The van der Waals surface area contributed by atoms with Crippen molar-refractivity contribution >= 4 is 16.7 Å². The van der Waals surface area contributed by atoms with Gasteiger partial charge < -0.3 is 10.2 Å². The number of rotatable bonds is 2. The van der Waals surface area contributed by atoms with Crippen LogP contribution in [0.4, 0.5) is 0 Å². The number of hydrogen-bond acceptors (Lipinski definition) is 3. The number of aromatic nitrogens is 1. The van der Waals surface area contributed by atoms with Crippen LogP contribution in [0.3, 0.4) is 0 Å². The molecule has 122 valence electrons. The van der Waals surface area contributed by atoms with Crippen LogP contribution >= 0.6 is 0 Å². The molecular formula is C19H25N3O. The third kappa shape index (κ3) is 3.53. The maximum atomic E-state index is 12.5. The number of fused-ring (bicyclic) bond motifs is 1. The molecule has 2 heterocycles. The Morgan fingerprint density at radius 1 is 1.22 bits per heavy atom. The molecule has 0 atom stereocenters. The van der Waals surface area contributed by atoms with Gasteiger partial charge in [-0.3, -0.25) is 9.78 Å². The summed E-state index contributed by atoms with van der Waals surface area (Å²) < 4.78 is 0. The van der Waals surface area contributed by atoms with Gasteiger partial charge in [-0.25, -0.2) is 0 Å². The van der Waals surface area contributed by atoms with Crippen molar-refractivity contribution in [2.75, 3.05) is 26.2 Å². The molecule has 0 spiro atoms. The number of carbonyl (C=O) groups is 1. The Morgan fingerprint density at radius 3 is 2.65 bits per heavy atom. The lowest BCUT2D eigenvalue weighted by Gasteiger charge is -2.27. The first-order chi connectivity index (χ1) is 10.9. The first-order valence-corrected chi connectivity index (χ1v) is 8.32. The van der Waals surface area contributed by atoms with Crippen LogP contribution < -0.4 is 5.32 Å². The van der Waals surface area contributed by atoms with Crippen molar-refractivity contribution in [1.82, 2.24) is 15.2 Å². The number of carbonyl (C=O) groups excluding carboxylic acids is 1. The highest BCUT2D eigenvalue weighted by Crippen LogP contribution is 2.28. The standard InChI is InChI=1S/C19H25N3O/c1-19(2,3)18-16-12-14(4-5-15(16)6-7-21-18)13-17(23)22-10-8-20-9-11-22/h4-7,12,20H,8-11,13H2,1-3H3. The molecule has 0 saturated carbocycles. The van der Waals surface area contributed by atoms with Crippen molar-refractivity contribution in [2.24, 2.45) is 0 Å². The Labute approximate surface area is 137 Å². The Balaban J connectivity index is 1.88. The maximum Gasteiger partial charge on any atom is 0.227 e. The average Bonchev–Trinajstić information content (AvgIpc) is 2.54. The van der Waals surface area contributed by atoms with E-state index in [-0.39, 0.29) is 11.3 Å². The van der Waals surface area contributed by atoms with Gasteiger partial charge in [0.2, 0.25) is 5.91 Å². The van der Waals surface area contributed by atoms with Crippen molar-refractivity contribution in [3.63, 3.8) is 0 Å². The molecule has 1 aliphatic rings. The molecule has 1 saturated heterocycles. The van der Waals surface area contributed by atoms with E-state index in [4.69, 9.17) is 0 Å². The van der Waals surface area contributed by atoms with Crippen molar-refractivity contribution in [3.8, 4) is 0 Å². The molecule has 1 fully saturated rings. The van der Waals surface area contributed by atoms with E-state index in [0.29, 0.717) is 6.42 Å². The fourth-order valence-corrected chi connectivity index (χ4v) is 3.12. The molecule has 23 heavy (non-hydrogen) atoms. The number of piperazine rings is 1. The highest BCUT2D eigenvalue weighted by molar-refractivity contribution is 5.87. The third-order valence-electron chi connectivity index (χ3n) is 4.37. The summed E-state index contributed by atoms with van der Waals surface area (Å²) in [6.45, 7) is 9.92. The fraction of sp³-hybridized carbons (Fsp3) is 0.474. The second kappa shape index (κ2) is 6.28. The minimum Gasteiger partial charge on any atom is -0.340 e. The van der Waals surface area contributed by atoms with E-state index in [9.17, 15) is 4.79 Å². The Kier molecular flexibility index (Phi) is 4.35. The highest BCUT2D eigenvalue weighted by Gasteiger charge is 2.20. The normalized spacial score (nSPS) is 15.9. The number of amides is 1. The quantitative estimate of drug-likeness (QED) is 0.927. The van der Waals surface area contributed by atoms with Crippen LogP contribution in [0.2, 0.25) is 0 Å². The van der Waals surface area contributed by atoms with E-state index in [1.807, 2.05) is 17.2 Å². The van der Waals surface area contributed by atoms with Crippen LogP contribution in [0.1, 0.15) is 32.0 Å². The molecule has 1 aromatic heterocycles. The largest absolute Gasteiger partial charge is 0.340 e. The Bertz CT molecular complexity index is 712. The molecule has 1 aliphatic heterocycles. The highest BCUT2D eigenvalue weighted by atomic mass is 16.2. The SMILES string of the molecule is CC(C)(C)c1nccc2ccc(CC(=O)N3CCNCC3)cc12. The van der Waals surface area contributed by atoms with Crippen LogP contribution in [0.5, 0.6) is 0 Å². The van der Waals surface area contributed by atoms with E-state index in [0.717, 1.165) is 42.8 Å². The molecule has 0 radical (unpaired) electrons. The van der Waals surface area contributed by atoms with Gasteiger partial charge in [0.1, 0.15) is 0 Å². The molecule has 4 nitrogen and oxygen atoms in total. The smallest absolute Gasteiger partial charge is 0.227 e. The zero-order valence-corrected chi connectivity index (χ0v) is 14.2. The van der Waals surface area contributed by atoms with E-state index in [1.54, 1.807) is 0 Å². The summed E-state index contributed by atoms with van der Waals surface area (Å²) in [5, 5.41) is 5.62. The second-order valence-electron chi connectivity index (χ2n) is 7.27. The van der Waals surface area contributed by atoms with Crippen molar-refractivity contribution in [1.29, 1.82) is 0 Å². The van der Waals surface area contributed by atoms with Gasteiger partial charge in [-0.05, 0) is 23.1 Å². The van der Waals surface area contributed by atoms with Crippen LogP contribution in [-0.2, 0) is 16.6 Å². The predicted octanol–water partition coefficient (Wildman–Crippen LogP) is 2.51. The summed E-state index contributed by atoms with van der Waals surface area (Å²) in [5.41, 5.74) is 2.15. The van der Waals surface area contributed by atoms with Gasteiger partial charge >= 0.3 is 0 Å². The van der Waals surface area contributed by atoms with Crippen molar-refractivity contribution in [3.05, 3.63) is 41.7 Å². The first kappa shape index (κ1) is 15.9. The van der Waals surface area contributed by atoms with Crippen LogP contribution in [0.25, 0.3) is 10.8 Å². The minimum atomic E-state index is -0.0132. The maximum absolute atomic E-state index is 12.5. The molecule has 2 aromatic rings. The van der Waals surface area contributed by atoms with E-state index >= 15 is 0 Å². The summed E-state index contributed by atoms with van der Waals surface area (Å²) >= 11 is 0. The topological polar surface area (TPSA) is 45.2 Å². The predicted molar refractivity (Wildman–Crippen MR) is 93.6 cm³/mol. The number of nitrogens with zero attached hydrogens (tertiary/aromatic N) is 2.